The summed E-state index contributed by atoms with van der Waals surface area (Å²) in [6, 6.07) is 16.9. The van der Waals surface area contributed by atoms with Gasteiger partial charge in [0, 0.05) is 0 Å². The van der Waals surface area contributed by atoms with Crippen LogP contribution in [0, 0.1) is 27.7 Å². The topological polar surface area (TPSA) is 0 Å². The number of hydrogen-bond donors (Lipinski definition) is 0. The zero-order valence-corrected chi connectivity index (χ0v) is 15.4. The maximum atomic E-state index is 2.23. The van der Waals surface area contributed by atoms with Crippen LogP contribution in [-0.4, -0.2) is 0 Å². The second kappa shape index (κ2) is 13.1. The molecule has 0 unspecified atom stereocenters. The Morgan fingerprint density at radius 3 is 1.14 bits per heavy atom. The van der Waals surface area contributed by atoms with Crippen molar-refractivity contribution in [1.29, 1.82) is 0 Å². The molecular formula is C22H34. The van der Waals surface area contributed by atoms with Gasteiger partial charge in [0.25, 0.3) is 0 Å². The molecule has 0 saturated carbocycles. The van der Waals surface area contributed by atoms with Crippen molar-refractivity contribution in [3.8, 4) is 0 Å². The zero-order chi connectivity index (χ0) is 16.8. The maximum absolute atomic E-state index is 2.23. The van der Waals surface area contributed by atoms with E-state index in [-0.39, 0.29) is 0 Å². The van der Waals surface area contributed by atoms with Crippen molar-refractivity contribution >= 4 is 0 Å². The van der Waals surface area contributed by atoms with Crippen molar-refractivity contribution in [3.05, 3.63) is 70.8 Å². The Bertz CT molecular complexity index is 437. The maximum Gasteiger partial charge on any atom is -0.0398 e. The third-order valence-corrected chi connectivity index (χ3v) is 3.35. The summed E-state index contributed by atoms with van der Waals surface area (Å²) in [5.41, 5.74) is 5.33. The van der Waals surface area contributed by atoms with Crippen LogP contribution >= 0.6 is 0 Å². The molecule has 2 aromatic carbocycles. The highest BCUT2D eigenvalue weighted by molar-refractivity contribution is 5.20. The van der Waals surface area contributed by atoms with Crippen LogP contribution in [0.4, 0.5) is 0 Å². The fourth-order valence-electron chi connectivity index (χ4n) is 1.94. The van der Waals surface area contributed by atoms with Gasteiger partial charge in [-0.05, 0) is 27.7 Å². The minimum Gasteiger partial charge on any atom is -0.0654 e. The molecule has 0 atom stereocenters. The van der Waals surface area contributed by atoms with Gasteiger partial charge in [-0.1, -0.05) is 110 Å². The summed E-state index contributed by atoms with van der Waals surface area (Å²) in [6.07, 6.45) is 5.54. The molecule has 0 nitrogen and oxygen atoms in total. The van der Waals surface area contributed by atoms with Crippen LogP contribution in [0.3, 0.4) is 0 Å². The molecule has 0 bridgehead atoms. The lowest BCUT2D eigenvalue weighted by molar-refractivity contribution is 0.702. The molecule has 0 aliphatic carbocycles. The van der Waals surface area contributed by atoms with Crippen molar-refractivity contribution in [3.63, 3.8) is 0 Å². The first-order chi connectivity index (χ1) is 10.5. The third kappa shape index (κ3) is 12.2. The first kappa shape index (κ1) is 20.4. The van der Waals surface area contributed by atoms with Gasteiger partial charge in [0.1, 0.15) is 0 Å². The molecule has 0 saturated heterocycles. The van der Waals surface area contributed by atoms with Crippen LogP contribution < -0.4 is 0 Å². The molecule has 22 heavy (non-hydrogen) atoms. The van der Waals surface area contributed by atoms with Crippen molar-refractivity contribution < 1.29 is 0 Å². The van der Waals surface area contributed by atoms with Crippen LogP contribution in [0.25, 0.3) is 0 Å². The molecule has 0 aliphatic rings. The number of rotatable bonds is 3. The summed E-state index contributed by atoms with van der Waals surface area (Å²) in [6.45, 7) is 12.9. The first-order valence-electron chi connectivity index (χ1n) is 8.56. The molecule has 0 aliphatic heterocycles. The van der Waals surface area contributed by atoms with Gasteiger partial charge in [-0.2, -0.15) is 0 Å². The molecule has 0 radical (unpaired) electrons. The van der Waals surface area contributed by atoms with Gasteiger partial charge in [0.15, 0.2) is 0 Å². The highest BCUT2D eigenvalue weighted by atomic mass is 13.9. The molecule has 0 amide bonds. The second-order valence-corrected chi connectivity index (χ2v) is 6.02. The van der Waals surface area contributed by atoms with Crippen LogP contribution in [0.1, 0.15) is 61.8 Å². The minimum atomic E-state index is 1.33. The Balaban J connectivity index is 0.000000306. The summed E-state index contributed by atoms with van der Waals surface area (Å²) in [5, 5.41) is 0. The van der Waals surface area contributed by atoms with E-state index in [1.54, 1.807) is 0 Å². The molecule has 122 valence electrons. The van der Waals surface area contributed by atoms with Crippen molar-refractivity contribution in [1.82, 2.24) is 0 Å². The van der Waals surface area contributed by atoms with E-state index in [1.165, 1.54) is 47.9 Å². The number of hydrogen-bond acceptors (Lipinski definition) is 0. The zero-order valence-electron chi connectivity index (χ0n) is 15.4. The molecule has 2 aromatic rings. The number of aryl methyl sites for hydroxylation is 4. The van der Waals surface area contributed by atoms with Crippen molar-refractivity contribution in [2.75, 3.05) is 0 Å². The Morgan fingerprint density at radius 1 is 0.545 bits per heavy atom. The van der Waals surface area contributed by atoms with Gasteiger partial charge in [0.05, 0.1) is 0 Å². The molecule has 0 heterocycles. The first-order valence-corrected chi connectivity index (χ1v) is 8.56. The predicted octanol–water partition coefficient (Wildman–Crippen LogP) is 7.19. The lowest BCUT2D eigenvalue weighted by atomic mass is 10.2. The predicted molar refractivity (Wildman–Crippen MR) is 102 cm³/mol. The number of benzene rings is 2. The molecule has 0 N–H and O–H groups in total. The second-order valence-electron chi connectivity index (χ2n) is 6.02. The fourth-order valence-corrected chi connectivity index (χ4v) is 1.94. The molecular weight excluding hydrogens is 264 g/mol. The largest absolute Gasteiger partial charge is 0.0654 e. The van der Waals surface area contributed by atoms with E-state index in [0.29, 0.717) is 0 Å². The molecule has 0 fully saturated rings. The normalized spacial score (nSPS) is 9.18. The molecule has 0 aromatic heterocycles. The Hall–Kier alpha value is -1.56. The van der Waals surface area contributed by atoms with Gasteiger partial charge in [0.2, 0.25) is 0 Å². The van der Waals surface area contributed by atoms with Gasteiger partial charge < -0.3 is 0 Å². The van der Waals surface area contributed by atoms with Crippen LogP contribution in [-0.2, 0) is 0 Å². The highest BCUT2D eigenvalue weighted by Gasteiger charge is 1.81. The highest BCUT2D eigenvalue weighted by Crippen LogP contribution is 2.00. The van der Waals surface area contributed by atoms with Gasteiger partial charge in [-0.25, -0.2) is 0 Å². The summed E-state index contributed by atoms with van der Waals surface area (Å²) in [5.74, 6) is 0. The SMILES string of the molecule is CCCCCC.Cc1ccc(C)cc1.Cc1cccc(C)c1. The van der Waals surface area contributed by atoms with Gasteiger partial charge in [-0.15, -0.1) is 0 Å². The lowest BCUT2D eigenvalue weighted by Crippen LogP contribution is -1.71. The smallest absolute Gasteiger partial charge is 0.0398 e. The average Bonchev–Trinajstić information content (AvgIpc) is 2.49. The Labute approximate surface area is 138 Å². The van der Waals surface area contributed by atoms with E-state index in [9.17, 15) is 0 Å². The summed E-state index contributed by atoms with van der Waals surface area (Å²) in [4.78, 5) is 0. The lowest BCUT2D eigenvalue weighted by Gasteiger charge is -1.90. The van der Waals surface area contributed by atoms with Gasteiger partial charge in [-0.3, -0.25) is 0 Å². The number of unbranched alkanes of at least 4 members (excludes halogenated alkanes) is 3. The summed E-state index contributed by atoms with van der Waals surface area (Å²) >= 11 is 0. The summed E-state index contributed by atoms with van der Waals surface area (Å²) < 4.78 is 0. The monoisotopic (exact) mass is 298 g/mol. The van der Waals surface area contributed by atoms with E-state index in [1.807, 2.05) is 0 Å². The Kier molecular flexibility index (Phi) is 12.2. The average molecular weight is 299 g/mol. The van der Waals surface area contributed by atoms with Crippen LogP contribution in [0.15, 0.2) is 48.5 Å². The van der Waals surface area contributed by atoms with Crippen molar-refractivity contribution in [2.24, 2.45) is 0 Å². The Morgan fingerprint density at radius 2 is 0.909 bits per heavy atom. The quantitative estimate of drug-likeness (QED) is 0.526. The third-order valence-electron chi connectivity index (χ3n) is 3.35. The van der Waals surface area contributed by atoms with Gasteiger partial charge >= 0.3 is 0 Å². The van der Waals surface area contributed by atoms with Crippen molar-refractivity contribution in [2.45, 2.75) is 67.2 Å². The standard InChI is InChI=1S/2C8H10.C6H14/c1-7-3-5-8(2)6-4-7;1-7-4-3-5-8(2)6-7;1-3-5-6-4-2/h2*3-6H,1-2H3;3-6H2,1-2H3. The molecule has 2 rings (SSSR count). The molecule has 0 heteroatoms. The molecule has 0 spiro atoms. The van der Waals surface area contributed by atoms with E-state index in [0.717, 1.165) is 0 Å². The minimum absolute atomic E-state index is 1.33. The van der Waals surface area contributed by atoms with E-state index in [4.69, 9.17) is 0 Å². The van der Waals surface area contributed by atoms with E-state index >= 15 is 0 Å². The van der Waals surface area contributed by atoms with E-state index in [2.05, 4.69) is 90.1 Å². The van der Waals surface area contributed by atoms with Crippen LogP contribution in [0.2, 0.25) is 0 Å². The fraction of sp³-hybridized carbons (Fsp3) is 0.455. The van der Waals surface area contributed by atoms with Crippen LogP contribution in [0.5, 0.6) is 0 Å². The van der Waals surface area contributed by atoms with E-state index < -0.39 is 0 Å². The summed E-state index contributed by atoms with van der Waals surface area (Å²) in [7, 11) is 0.